The van der Waals surface area contributed by atoms with Crippen LogP contribution in [0.1, 0.15) is 36.9 Å². The Hall–Kier alpha value is -2.68. The second-order valence-corrected chi connectivity index (χ2v) is 10.2. The monoisotopic (exact) mass is 477 g/mol. The summed E-state index contributed by atoms with van der Waals surface area (Å²) >= 11 is 1.54. The highest BCUT2D eigenvalue weighted by Crippen LogP contribution is 2.31. The van der Waals surface area contributed by atoms with Crippen molar-refractivity contribution in [1.29, 1.82) is 0 Å². The van der Waals surface area contributed by atoms with E-state index >= 15 is 0 Å². The molecule has 1 aliphatic carbocycles. The average molecular weight is 478 g/mol. The zero-order valence-corrected chi connectivity index (χ0v) is 20.2. The van der Waals surface area contributed by atoms with Gasteiger partial charge in [-0.25, -0.2) is 4.98 Å². The van der Waals surface area contributed by atoms with Gasteiger partial charge in [0.2, 0.25) is 5.91 Å². The van der Waals surface area contributed by atoms with E-state index in [1.165, 1.54) is 5.56 Å². The molecule has 34 heavy (non-hydrogen) atoms. The molecule has 7 nitrogen and oxygen atoms in total. The number of thioether (sulfide) groups is 1. The van der Waals surface area contributed by atoms with Crippen molar-refractivity contribution >= 4 is 34.4 Å². The molecule has 1 atom stereocenters. The molecule has 1 aliphatic heterocycles. The minimum absolute atomic E-state index is 0.0173. The Morgan fingerprint density at radius 2 is 2.06 bits per heavy atom. The number of nitrogens with two attached hydrogens (primary N) is 1. The molecule has 1 amide bonds. The van der Waals surface area contributed by atoms with Gasteiger partial charge in [0.05, 0.1) is 29.0 Å². The van der Waals surface area contributed by atoms with Crippen molar-refractivity contribution in [1.82, 2.24) is 15.3 Å². The van der Waals surface area contributed by atoms with Crippen LogP contribution in [0.25, 0.3) is 10.9 Å². The first-order valence-electron chi connectivity index (χ1n) is 11.9. The summed E-state index contributed by atoms with van der Waals surface area (Å²) in [5, 5.41) is 7.65. The summed E-state index contributed by atoms with van der Waals surface area (Å²) in [5.74, 6) is 2.53. The van der Waals surface area contributed by atoms with Crippen molar-refractivity contribution in [2.24, 2.45) is 11.7 Å². The number of carbonyl (C=O) groups excluding carboxylic acids is 1. The number of aromatic nitrogens is 2. The first-order valence-corrected chi connectivity index (χ1v) is 12.9. The number of ether oxygens (including phenoxy) is 1. The first-order chi connectivity index (χ1) is 16.6. The molecule has 3 heterocycles. The van der Waals surface area contributed by atoms with Crippen LogP contribution in [0.4, 0.5) is 5.82 Å². The summed E-state index contributed by atoms with van der Waals surface area (Å²) < 4.78 is 5.41. The zero-order valence-electron chi connectivity index (χ0n) is 19.4. The van der Waals surface area contributed by atoms with E-state index in [0.29, 0.717) is 30.1 Å². The number of pyridine rings is 2. The maximum absolute atomic E-state index is 11.6. The highest BCUT2D eigenvalue weighted by atomic mass is 32.2. The van der Waals surface area contributed by atoms with E-state index in [2.05, 4.69) is 38.8 Å². The van der Waals surface area contributed by atoms with Gasteiger partial charge in [-0.2, -0.15) is 0 Å². The third kappa shape index (κ3) is 5.19. The maximum atomic E-state index is 11.6. The Bertz CT molecular complexity index is 1180. The van der Waals surface area contributed by atoms with Crippen molar-refractivity contribution in [3.05, 3.63) is 53.9 Å². The van der Waals surface area contributed by atoms with E-state index in [4.69, 9.17) is 10.5 Å². The van der Waals surface area contributed by atoms with Crippen LogP contribution in [0.15, 0.2) is 47.5 Å². The lowest BCUT2D eigenvalue weighted by atomic mass is 9.79. The van der Waals surface area contributed by atoms with Gasteiger partial charge in [0.15, 0.2) is 0 Å². The molecule has 4 N–H and O–H groups in total. The molecule has 3 aromatic rings. The fourth-order valence-electron chi connectivity index (χ4n) is 5.01. The summed E-state index contributed by atoms with van der Waals surface area (Å²) in [6.45, 7) is 0.708. The number of methoxy groups -OCH3 is 1. The number of hydrogen-bond donors (Lipinski definition) is 3. The number of amides is 1. The Labute approximate surface area is 204 Å². The Kier molecular flexibility index (Phi) is 6.99. The highest BCUT2D eigenvalue weighted by Gasteiger charge is 2.26. The van der Waals surface area contributed by atoms with Gasteiger partial charge in [0.25, 0.3) is 0 Å². The van der Waals surface area contributed by atoms with Gasteiger partial charge in [-0.15, -0.1) is 11.8 Å². The minimum atomic E-state index is 0.0173. The standard InChI is InChI=1S/C26H31N5O2S/c1-33-20-7-8-23-21(13-20)17(10-11-28-23)12-22(27)16-2-4-18(5-3-16)29-14-19-6-9-24-26(30-19)31-25(32)15-34-24/h6-11,13,16,18,22,29H,2-5,12,14-15,27H2,1H3,(H,30,31,32)/t16?,18?,22-/m1/s1. The van der Waals surface area contributed by atoms with Crippen LogP contribution >= 0.6 is 11.8 Å². The number of fused-ring (bicyclic) bond motifs is 2. The molecule has 8 heteroatoms. The molecule has 0 unspecified atom stereocenters. The summed E-state index contributed by atoms with van der Waals surface area (Å²) in [5.41, 5.74) is 9.88. The highest BCUT2D eigenvalue weighted by molar-refractivity contribution is 8.00. The Morgan fingerprint density at radius 3 is 2.88 bits per heavy atom. The molecule has 178 valence electrons. The quantitative estimate of drug-likeness (QED) is 0.474. The second kappa shape index (κ2) is 10.3. The molecular weight excluding hydrogens is 446 g/mol. The molecule has 2 aliphatic rings. The largest absolute Gasteiger partial charge is 0.497 e. The molecular formula is C26H31N5O2S. The van der Waals surface area contributed by atoms with Crippen LogP contribution in [0.5, 0.6) is 5.75 Å². The van der Waals surface area contributed by atoms with Gasteiger partial charge in [-0.1, -0.05) is 0 Å². The van der Waals surface area contributed by atoms with Crippen LogP contribution in [-0.4, -0.2) is 40.8 Å². The molecule has 5 rings (SSSR count). The van der Waals surface area contributed by atoms with Crippen molar-refractivity contribution in [2.45, 2.75) is 55.6 Å². The predicted octanol–water partition coefficient (Wildman–Crippen LogP) is 3.90. The number of hydrogen-bond acceptors (Lipinski definition) is 7. The third-order valence-corrected chi connectivity index (χ3v) is 8.02. The van der Waals surface area contributed by atoms with Crippen molar-refractivity contribution < 1.29 is 9.53 Å². The average Bonchev–Trinajstić information content (AvgIpc) is 2.87. The molecule has 0 spiro atoms. The number of anilines is 1. The molecule has 1 aromatic carbocycles. The van der Waals surface area contributed by atoms with Gasteiger partial charge in [0, 0.05) is 30.2 Å². The number of nitrogens with zero attached hydrogens (tertiary/aromatic N) is 2. The van der Waals surface area contributed by atoms with Gasteiger partial charge >= 0.3 is 0 Å². The lowest BCUT2D eigenvalue weighted by molar-refractivity contribution is -0.113. The fraction of sp³-hybridized carbons (Fsp3) is 0.423. The van der Waals surface area contributed by atoms with Gasteiger partial charge in [-0.3, -0.25) is 9.78 Å². The number of rotatable bonds is 7. The summed E-state index contributed by atoms with van der Waals surface area (Å²) in [6.07, 6.45) is 7.18. The van der Waals surface area contributed by atoms with E-state index in [1.54, 1.807) is 18.9 Å². The lowest BCUT2D eigenvalue weighted by Crippen LogP contribution is -2.39. The Morgan fingerprint density at radius 1 is 1.21 bits per heavy atom. The van der Waals surface area contributed by atoms with Crippen LogP contribution in [0.2, 0.25) is 0 Å². The lowest BCUT2D eigenvalue weighted by Gasteiger charge is -2.33. The van der Waals surface area contributed by atoms with E-state index in [1.807, 2.05) is 24.4 Å². The smallest absolute Gasteiger partial charge is 0.235 e. The SMILES string of the molecule is COc1ccc2nccc(C[C@@H](N)C3CCC(NCc4ccc5c(n4)NC(=O)CS5)CC3)c2c1. The maximum Gasteiger partial charge on any atom is 0.235 e. The van der Waals surface area contributed by atoms with Gasteiger partial charge in [0.1, 0.15) is 11.6 Å². The van der Waals surface area contributed by atoms with Crippen LogP contribution < -0.4 is 21.1 Å². The van der Waals surface area contributed by atoms with Crippen molar-refractivity contribution in [3.8, 4) is 5.75 Å². The number of benzene rings is 1. The second-order valence-electron chi connectivity index (χ2n) is 9.20. The van der Waals surface area contributed by atoms with Crippen molar-refractivity contribution in [3.63, 3.8) is 0 Å². The first kappa shape index (κ1) is 23.1. The summed E-state index contributed by atoms with van der Waals surface area (Å²) in [6, 6.07) is 12.8. The summed E-state index contributed by atoms with van der Waals surface area (Å²) in [4.78, 5) is 21.8. The van der Waals surface area contributed by atoms with E-state index in [-0.39, 0.29) is 11.9 Å². The van der Waals surface area contributed by atoms with Gasteiger partial charge < -0.3 is 21.1 Å². The van der Waals surface area contributed by atoms with Crippen molar-refractivity contribution in [2.75, 3.05) is 18.2 Å². The molecule has 2 aromatic heterocycles. The minimum Gasteiger partial charge on any atom is -0.497 e. The fourth-order valence-corrected chi connectivity index (χ4v) is 5.77. The normalized spacial score (nSPS) is 21.1. The van der Waals surface area contributed by atoms with Crippen LogP contribution in [0, 0.1) is 5.92 Å². The van der Waals surface area contributed by atoms with E-state index in [9.17, 15) is 4.79 Å². The van der Waals surface area contributed by atoms with Gasteiger partial charge in [-0.05, 0) is 80.0 Å². The topological polar surface area (TPSA) is 102 Å². The molecule has 0 bridgehead atoms. The zero-order chi connectivity index (χ0) is 23.5. The van der Waals surface area contributed by atoms with E-state index < -0.39 is 0 Å². The number of carbonyl (C=O) groups is 1. The van der Waals surface area contributed by atoms with Crippen LogP contribution in [-0.2, 0) is 17.8 Å². The predicted molar refractivity (Wildman–Crippen MR) is 136 cm³/mol. The van der Waals surface area contributed by atoms with E-state index in [0.717, 1.165) is 59.3 Å². The van der Waals surface area contributed by atoms with Crippen LogP contribution in [0.3, 0.4) is 0 Å². The Balaban J connectivity index is 1.14. The summed E-state index contributed by atoms with van der Waals surface area (Å²) in [7, 11) is 1.69. The number of nitrogens with one attached hydrogen (secondary N) is 2. The third-order valence-electron chi connectivity index (χ3n) is 6.98. The molecule has 1 saturated carbocycles. The molecule has 1 fully saturated rings. The molecule has 0 saturated heterocycles. The molecule has 0 radical (unpaired) electrons.